The molecular formula is C25H26N2O6S2. The third-order valence-corrected chi connectivity index (χ3v) is 10.9. The Balaban J connectivity index is 1.28. The molecule has 1 aromatic heterocycles. The first-order valence-electron chi connectivity index (χ1n) is 12.1. The number of imide groups is 1. The van der Waals surface area contributed by atoms with E-state index in [1.54, 1.807) is 23.9 Å². The largest absolute Gasteiger partial charge is 0.508 e. The maximum absolute atomic E-state index is 13.5. The number of aromatic nitrogens is 1. The number of H-pyrrole nitrogens is 1. The van der Waals surface area contributed by atoms with E-state index >= 15 is 0 Å². The molecule has 2 saturated carbocycles. The maximum Gasteiger partial charge on any atom is 0.305 e. The molecule has 184 valence electrons. The molecule has 4 aliphatic rings. The maximum atomic E-state index is 13.5. The van der Waals surface area contributed by atoms with Gasteiger partial charge in [0, 0.05) is 29.0 Å². The average molecular weight is 515 g/mol. The number of thiazole rings is 1. The number of carbonyl (C=O) groups excluding carboxylic acids is 2. The first-order valence-corrected chi connectivity index (χ1v) is 13.8. The van der Waals surface area contributed by atoms with Crippen molar-refractivity contribution in [2.75, 3.05) is 6.54 Å². The van der Waals surface area contributed by atoms with Gasteiger partial charge in [-0.15, -0.1) is 11.8 Å². The van der Waals surface area contributed by atoms with Crippen LogP contribution in [0.3, 0.4) is 0 Å². The minimum Gasteiger partial charge on any atom is -0.508 e. The zero-order chi connectivity index (χ0) is 24.4. The van der Waals surface area contributed by atoms with Gasteiger partial charge in [-0.3, -0.25) is 24.1 Å². The summed E-state index contributed by atoms with van der Waals surface area (Å²) in [6.07, 6.45) is 2.77. The second kappa shape index (κ2) is 8.51. The van der Waals surface area contributed by atoms with Crippen LogP contribution >= 0.6 is 23.1 Å². The molecule has 1 aromatic carbocycles. The normalized spacial score (nSPS) is 32.6. The van der Waals surface area contributed by atoms with Crippen molar-refractivity contribution in [1.82, 2.24) is 9.88 Å². The van der Waals surface area contributed by atoms with E-state index in [0.717, 1.165) is 21.9 Å². The summed E-state index contributed by atoms with van der Waals surface area (Å²) in [6, 6.07) is 7.12. The number of nitrogens with one attached hydrogen (secondary N) is 1. The number of aromatic amines is 1. The quantitative estimate of drug-likeness (QED) is 0.382. The lowest BCUT2D eigenvalue weighted by atomic mass is 9.68. The van der Waals surface area contributed by atoms with Crippen LogP contribution in [-0.2, 0) is 14.4 Å². The van der Waals surface area contributed by atoms with E-state index in [1.165, 1.54) is 16.2 Å². The molecule has 10 heteroatoms. The number of benzene rings is 1. The fourth-order valence-corrected chi connectivity index (χ4v) is 9.97. The Labute approximate surface area is 209 Å². The van der Waals surface area contributed by atoms with Gasteiger partial charge in [0.2, 0.25) is 11.8 Å². The molecule has 2 aliphatic carbocycles. The van der Waals surface area contributed by atoms with Gasteiger partial charge in [0.15, 0.2) is 0 Å². The van der Waals surface area contributed by atoms with Gasteiger partial charge in [-0.1, -0.05) is 29.9 Å². The number of aromatic hydroxyl groups is 1. The number of rotatable bonds is 7. The first kappa shape index (κ1) is 22.8. The van der Waals surface area contributed by atoms with Crippen LogP contribution in [0.25, 0.3) is 0 Å². The number of hydrogen-bond donors (Lipinski definition) is 3. The van der Waals surface area contributed by atoms with Gasteiger partial charge in [0.05, 0.1) is 16.9 Å². The van der Waals surface area contributed by atoms with Crippen LogP contribution in [0.15, 0.2) is 34.1 Å². The second-order valence-electron chi connectivity index (χ2n) is 10.1. The minimum absolute atomic E-state index is 0.0512. The molecule has 2 aromatic rings. The molecular weight excluding hydrogens is 488 g/mol. The number of amides is 2. The van der Waals surface area contributed by atoms with Crippen LogP contribution in [0.2, 0.25) is 0 Å². The number of aliphatic carboxylic acids is 1. The number of likely N-dealkylation sites (tertiary alicyclic amines) is 1. The van der Waals surface area contributed by atoms with Crippen LogP contribution in [0, 0.1) is 29.6 Å². The smallest absolute Gasteiger partial charge is 0.305 e. The number of unbranched alkanes of at least 4 members (excludes halogenated alkanes) is 2. The highest BCUT2D eigenvalue weighted by Crippen LogP contribution is 2.68. The molecule has 1 saturated heterocycles. The van der Waals surface area contributed by atoms with E-state index in [9.17, 15) is 24.3 Å². The van der Waals surface area contributed by atoms with Gasteiger partial charge in [-0.2, -0.15) is 0 Å². The Hall–Kier alpha value is -2.59. The minimum atomic E-state index is -0.831. The molecule has 0 radical (unpaired) electrons. The first-order chi connectivity index (χ1) is 16.8. The number of carbonyl (C=O) groups is 3. The van der Waals surface area contributed by atoms with Gasteiger partial charge >= 0.3 is 10.8 Å². The lowest BCUT2D eigenvalue weighted by Gasteiger charge is -2.43. The van der Waals surface area contributed by atoms with E-state index in [-0.39, 0.29) is 69.6 Å². The van der Waals surface area contributed by atoms with Crippen molar-refractivity contribution >= 4 is 40.9 Å². The van der Waals surface area contributed by atoms with E-state index in [2.05, 4.69) is 4.98 Å². The summed E-state index contributed by atoms with van der Waals surface area (Å²) in [4.78, 5) is 55.2. The molecule has 2 bridgehead atoms. The van der Waals surface area contributed by atoms with Crippen LogP contribution in [0.1, 0.15) is 48.5 Å². The van der Waals surface area contributed by atoms with E-state index in [1.807, 2.05) is 12.1 Å². The SMILES string of the molecule is O=C(O)CCCCCN1C(=O)[C@@H]2[C@H]3C[C@@H]([C@@H]2C1=O)[C@@H]1[C@H](c2ccc(O)cc2)c2sc(=O)[nH]c2S[C@H]31. The number of fused-ring (bicyclic) bond motifs is 9. The molecule has 2 amide bonds. The van der Waals surface area contributed by atoms with E-state index < -0.39 is 5.97 Å². The molecule has 3 fully saturated rings. The Morgan fingerprint density at radius 3 is 2.46 bits per heavy atom. The van der Waals surface area contributed by atoms with Gasteiger partial charge in [-0.25, -0.2) is 0 Å². The van der Waals surface area contributed by atoms with Crippen molar-refractivity contribution in [3.05, 3.63) is 44.4 Å². The third-order valence-electron chi connectivity index (χ3n) is 8.34. The molecule has 8 nitrogen and oxygen atoms in total. The van der Waals surface area contributed by atoms with Gasteiger partial charge in [-0.05, 0) is 54.7 Å². The summed E-state index contributed by atoms with van der Waals surface area (Å²) >= 11 is 2.88. The predicted octanol–water partition coefficient (Wildman–Crippen LogP) is 3.26. The highest BCUT2D eigenvalue weighted by atomic mass is 32.2. The summed E-state index contributed by atoms with van der Waals surface area (Å²) in [5.41, 5.74) is 1.02. The summed E-state index contributed by atoms with van der Waals surface area (Å²) in [6.45, 7) is 0.355. The third kappa shape index (κ3) is 3.56. The fraction of sp³-hybridized carbons (Fsp3) is 0.520. The highest BCUT2D eigenvalue weighted by Gasteiger charge is 2.69. The Bertz CT molecular complexity index is 1250. The number of nitrogens with zero attached hydrogens (tertiary/aromatic N) is 1. The number of phenolic OH excluding ortho intramolecular Hbond substituents is 1. The molecule has 35 heavy (non-hydrogen) atoms. The van der Waals surface area contributed by atoms with Crippen molar-refractivity contribution in [2.45, 2.75) is 48.3 Å². The Morgan fingerprint density at radius 2 is 1.74 bits per heavy atom. The Morgan fingerprint density at radius 1 is 1.03 bits per heavy atom. The number of hydrogen-bond acceptors (Lipinski definition) is 7. The zero-order valence-corrected chi connectivity index (χ0v) is 20.5. The zero-order valence-electron chi connectivity index (χ0n) is 18.9. The van der Waals surface area contributed by atoms with E-state index in [4.69, 9.17) is 5.11 Å². The fourth-order valence-electron chi connectivity index (χ4n) is 7.08. The van der Waals surface area contributed by atoms with Crippen LogP contribution < -0.4 is 4.87 Å². The lowest BCUT2D eigenvalue weighted by Crippen LogP contribution is -2.42. The van der Waals surface area contributed by atoms with Gasteiger partial charge in [0.1, 0.15) is 5.75 Å². The average Bonchev–Trinajstić information content (AvgIpc) is 3.54. The summed E-state index contributed by atoms with van der Waals surface area (Å²) in [5, 5.41) is 19.6. The van der Waals surface area contributed by atoms with E-state index in [0.29, 0.717) is 25.8 Å². The van der Waals surface area contributed by atoms with Crippen LogP contribution in [0.5, 0.6) is 5.75 Å². The topological polar surface area (TPSA) is 128 Å². The number of carboxylic acid groups (broad SMARTS) is 1. The summed E-state index contributed by atoms with van der Waals surface area (Å²) in [7, 11) is 0. The molecule has 2 aliphatic heterocycles. The van der Waals surface area contributed by atoms with Crippen molar-refractivity contribution in [3.8, 4) is 5.75 Å². The Kier molecular flexibility index (Phi) is 5.56. The standard InChI is InChI=1S/C25H26N2O6S2/c28-12-7-5-11(6-8-12)16-17-13-10-14(20(17)34-22-21(16)35-25(33)26-22)19-18(13)23(31)27(24(19)32)9-3-1-2-4-15(29)30/h5-8,13-14,16-20,28H,1-4,9-10H2,(H,26,33)(H,29,30)/t13-,14-,16+,17-,18+,19-,20-/m1/s1. The second-order valence-corrected chi connectivity index (χ2v) is 12.3. The predicted molar refractivity (Wildman–Crippen MR) is 129 cm³/mol. The lowest BCUT2D eigenvalue weighted by molar-refractivity contribution is -0.141. The van der Waals surface area contributed by atoms with Crippen molar-refractivity contribution in [2.24, 2.45) is 29.6 Å². The van der Waals surface area contributed by atoms with Gasteiger partial charge in [0.25, 0.3) is 0 Å². The summed E-state index contributed by atoms with van der Waals surface area (Å²) in [5.74, 6) is -1.17. The molecule has 6 rings (SSSR count). The molecule has 3 N–H and O–H groups in total. The molecule has 3 heterocycles. The molecule has 0 unspecified atom stereocenters. The van der Waals surface area contributed by atoms with Crippen molar-refractivity contribution in [3.63, 3.8) is 0 Å². The number of carboxylic acids is 1. The van der Waals surface area contributed by atoms with Crippen LogP contribution in [0.4, 0.5) is 0 Å². The van der Waals surface area contributed by atoms with Crippen molar-refractivity contribution < 1.29 is 24.6 Å². The van der Waals surface area contributed by atoms with Crippen molar-refractivity contribution in [1.29, 1.82) is 0 Å². The molecule has 0 spiro atoms. The molecule has 7 atom stereocenters. The number of phenols is 1. The highest BCUT2D eigenvalue weighted by molar-refractivity contribution is 8.00. The summed E-state index contributed by atoms with van der Waals surface area (Å²) < 4.78 is 0. The monoisotopic (exact) mass is 514 g/mol. The number of thioether (sulfide) groups is 1. The van der Waals surface area contributed by atoms with Gasteiger partial charge < -0.3 is 15.2 Å². The van der Waals surface area contributed by atoms with Crippen LogP contribution in [-0.4, -0.2) is 49.7 Å².